The molecule has 0 radical (unpaired) electrons. The van der Waals surface area contributed by atoms with E-state index in [4.69, 9.17) is 16.6 Å². The highest BCUT2D eigenvalue weighted by Gasteiger charge is 2.34. The number of carbonyl (C=O) groups excluding carboxylic acids is 2. The van der Waals surface area contributed by atoms with Crippen LogP contribution in [-0.4, -0.2) is 28.0 Å². The summed E-state index contributed by atoms with van der Waals surface area (Å²) in [6.45, 7) is 0. The summed E-state index contributed by atoms with van der Waals surface area (Å²) in [6, 6.07) is 16.5. The van der Waals surface area contributed by atoms with Crippen LogP contribution in [-0.2, 0) is 9.59 Å². The van der Waals surface area contributed by atoms with Crippen LogP contribution in [0.15, 0.2) is 75.1 Å². The molecule has 2 aromatic carbocycles. The SMILES string of the molecule is O=C1NC(=S)N(c2cccc(Br)c2)C(=O)/C1=C\c1ccc(-c2ccccc2C(=O)O)o1. The molecule has 2 amide bonds. The predicted molar refractivity (Wildman–Crippen MR) is 121 cm³/mol. The van der Waals surface area contributed by atoms with Gasteiger partial charge in [0.15, 0.2) is 5.11 Å². The molecule has 9 heteroatoms. The van der Waals surface area contributed by atoms with Crippen molar-refractivity contribution in [1.29, 1.82) is 0 Å². The molecule has 7 nitrogen and oxygen atoms in total. The number of thiocarbonyl (C=S) groups is 1. The van der Waals surface area contributed by atoms with E-state index < -0.39 is 17.8 Å². The molecule has 0 unspecified atom stereocenters. The molecule has 1 aromatic heterocycles. The lowest BCUT2D eigenvalue weighted by Crippen LogP contribution is -2.54. The summed E-state index contributed by atoms with van der Waals surface area (Å²) in [6.07, 6.45) is 1.30. The van der Waals surface area contributed by atoms with Crippen LogP contribution in [0.4, 0.5) is 5.69 Å². The molecule has 154 valence electrons. The highest BCUT2D eigenvalue weighted by molar-refractivity contribution is 9.10. The summed E-state index contributed by atoms with van der Waals surface area (Å²) in [5.41, 5.74) is 0.788. The van der Waals surface area contributed by atoms with Crippen LogP contribution in [0.1, 0.15) is 16.1 Å². The average molecular weight is 497 g/mol. The molecule has 0 spiro atoms. The topological polar surface area (TPSA) is 99.9 Å². The van der Waals surface area contributed by atoms with Gasteiger partial charge in [-0.25, -0.2) is 4.79 Å². The number of rotatable bonds is 4. The van der Waals surface area contributed by atoms with Gasteiger partial charge in [-0.15, -0.1) is 0 Å². The van der Waals surface area contributed by atoms with Crippen molar-refractivity contribution in [2.75, 3.05) is 4.90 Å². The van der Waals surface area contributed by atoms with Gasteiger partial charge in [-0.05, 0) is 54.7 Å². The number of carboxylic acid groups (broad SMARTS) is 1. The number of amides is 2. The number of halogens is 1. The molecule has 1 aliphatic heterocycles. The lowest BCUT2D eigenvalue weighted by Gasteiger charge is -2.28. The van der Waals surface area contributed by atoms with Crippen molar-refractivity contribution >= 4 is 62.8 Å². The van der Waals surface area contributed by atoms with E-state index in [1.807, 2.05) is 0 Å². The lowest BCUT2D eigenvalue weighted by atomic mass is 10.1. The Morgan fingerprint density at radius 1 is 1.10 bits per heavy atom. The third kappa shape index (κ3) is 4.05. The van der Waals surface area contributed by atoms with Crippen LogP contribution in [0.5, 0.6) is 0 Å². The molecule has 4 rings (SSSR count). The molecule has 2 heterocycles. The second kappa shape index (κ2) is 8.29. The maximum absolute atomic E-state index is 13.1. The van der Waals surface area contributed by atoms with E-state index in [1.54, 1.807) is 54.6 Å². The summed E-state index contributed by atoms with van der Waals surface area (Å²) in [5, 5.41) is 11.9. The Balaban J connectivity index is 1.70. The number of nitrogens with one attached hydrogen (secondary N) is 1. The molecule has 1 aliphatic rings. The Morgan fingerprint density at radius 2 is 1.87 bits per heavy atom. The highest BCUT2D eigenvalue weighted by atomic mass is 79.9. The van der Waals surface area contributed by atoms with Crippen LogP contribution < -0.4 is 10.2 Å². The lowest BCUT2D eigenvalue weighted by molar-refractivity contribution is -0.122. The Morgan fingerprint density at radius 3 is 2.61 bits per heavy atom. The zero-order valence-corrected chi connectivity index (χ0v) is 18.1. The summed E-state index contributed by atoms with van der Waals surface area (Å²) >= 11 is 8.53. The fraction of sp³-hybridized carbons (Fsp3) is 0. The van der Waals surface area contributed by atoms with Crippen LogP contribution in [0.2, 0.25) is 0 Å². The Kier molecular flexibility index (Phi) is 5.53. The van der Waals surface area contributed by atoms with Gasteiger partial charge < -0.3 is 9.52 Å². The van der Waals surface area contributed by atoms with E-state index in [-0.39, 0.29) is 22.0 Å². The number of carboxylic acids is 1. The molecule has 0 bridgehead atoms. The van der Waals surface area contributed by atoms with Gasteiger partial charge in [-0.3, -0.25) is 19.8 Å². The molecule has 0 saturated carbocycles. The fourth-order valence-corrected chi connectivity index (χ4v) is 3.78. The van der Waals surface area contributed by atoms with E-state index in [2.05, 4.69) is 21.2 Å². The molecular weight excluding hydrogens is 484 g/mol. The smallest absolute Gasteiger partial charge is 0.336 e. The first-order chi connectivity index (χ1) is 14.8. The maximum Gasteiger partial charge on any atom is 0.336 e. The second-order valence-electron chi connectivity index (χ2n) is 6.49. The second-order valence-corrected chi connectivity index (χ2v) is 7.79. The van der Waals surface area contributed by atoms with Crippen molar-refractivity contribution in [2.45, 2.75) is 0 Å². The predicted octanol–water partition coefficient (Wildman–Crippen LogP) is 4.24. The minimum Gasteiger partial charge on any atom is -0.478 e. The van der Waals surface area contributed by atoms with E-state index in [0.717, 1.165) is 4.47 Å². The fourth-order valence-electron chi connectivity index (χ4n) is 3.11. The quantitative estimate of drug-likeness (QED) is 0.318. The largest absolute Gasteiger partial charge is 0.478 e. The number of benzene rings is 2. The van der Waals surface area contributed by atoms with Crippen molar-refractivity contribution in [3.05, 3.63) is 82.0 Å². The summed E-state index contributed by atoms with van der Waals surface area (Å²) in [5.74, 6) is -1.82. The summed E-state index contributed by atoms with van der Waals surface area (Å²) in [7, 11) is 0. The highest BCUT2D eigenvalue weighted by Crippen LogP contribution is 2.28. The Bertz CT molecular complexity index is 1280. The number of furan rings is 1. The van der Waals surface area contributed by atoms with E-state index in [0.29, 0.717) is 17.0 Å². The normalized spacial score (nSPS) is 15.3. The minimum absolute atomic E-state index is 0.0271. The van der Waals surface area contributed by atoms with Crippen molar-refractivity contribution in [3.8, 4) is 11.3 Å². The molecular formula is C22H13BrN2O5S. The van der Waals surface area contributed by atoms with Gasteiger partial charge in [-0.1, -0.05) is 40.2 Å². The number of hydrogen-bond donors (Lipinski definition) is 2. The van der Waals surface area contributed by atoms with Crippen molar-refractivity contribution in [2.24, 2.45) is 0 Å². The number of hydrogen-bond acceptors (Lipinski definition) is 5. The molecule has 31 heavy (non-hydrogen) atoms. The van der Waals surface area contributed by atoms with E-state index >= 15 is 0 Å². The number of anilines is 1. The number of aromatic carboxylic acids is 1. The van der Waals surface area contributed by atoms with Gasteiger partial charge in [0.05, 0.1) is 11.3 Å². The van der Waals surface area contributed by atoms with Gasteiger partial charge in [-0.2, -0.15) is 0 Å². The van der Waals surface area contributed by atoms with Gasteiger partial charge in [0.1, 0.15) is 17.1 Å². The zero-order chi connectivity index (χ0) is 22.1. The number of carbonyl (C=O) groups is 3. The van der Waals surface area contributed by atoms with Crippen LogP contribution in [0, 0.1) is 0 Å². The first-order valence-electron chi connectivity index (χ1n) is 8.94. The summed E-state index contributed by atoms with van der Waals surface area (Å²) < 4.78 is 6.46. The van der Waals surface area contributed by atoms with Crippen molar-refractivity contribution in [1.82, 2.24) is 5.32 Å². The first-order valence-corrected chi connectivity index (χ1v) is 10.1. The van der Waals surface area contributed by atoms with Crippen LogP contribution in [0.25, 0.3) is 17.4 Å². The molecule has 1 fully saturated rings. The van der Waals surface area contributed by atoms with Crippen molar-refractivity contribution in [3.63, 3.8) is 0 Å². The van der Waals surface area contributed by atoms with E-state index in [1.165, 1.54) is 17.0 Å². The van der Waals surface area contributed by atoms with Gasteiger partial charge in [0.2, 0.25) is 0 Å². The van der Waals surface area contributed by atoms with Crippen molar-refractivity contribution < 1.29 is 23.9 Å². The summed E-state index contributed by atoms with van der Waals surface area (Å²) in [4.78, 5) is 38.2. The van der Waals surface area contributed by atoms with Gasteiger partial charge in [0.25, 0.3) is 11.8 Å². The van der Waals surface area contributed by atoms with Gasteiger partial charge in [0, 0.05) is 10.0 Å². The molecule has 0 aliphatic carbocycles. The molecule has 2 N–H and O–H groups in total. The first kappa shape index (κ1) is 20.7. The molecule has 0 atom stereocenters. The Hall–Kier alpha value is -3.56. The minimum atomic E-state index is -1.09. The third-order valence-electron chi connectivity index (χ3n) is 4.50. The van der Waals surface area contributed by atoms with Crippen LogP contribution in [0.3, 0.4) is 0 Å². The third-order valence-corrected chi connectivity index (χ3v) is 5.28. The zero-order valence-electron chi connectivity index (χ0n) is 15.7. The Labute approximate surface area is 190 Å². The van der Waals surface area contributed by atoms with Crippen LogP contribution >= 0.6 is 28.1 Å². The molecule has 1 saturated heterocycles. The monoisotopic (exact) mass is 496 g/mol. The maximum atomic E-state index is 13.1. The van der Waals surface area contributed by atoms with Gasteiger partial charge >= 0.3 is 5.97 Å². The van der Waals surface area contributed by atoms with E-state index in [9.17, 15) is 19.5 Å². The standard InChI is InChI=1S/C22H13BrN2O5S/c23-12-4-3-5-13(10-12)25-20(27)17(19(26)24-22(25)31)11-14-8-9-18(30-14)15-6-1-2-7-16(15)21(28)29/h1-11H,(H,28,29)(H,24,26,31)/b17-11-. The molecule has 3 aromatic rings. The average Bonchev–Trinajstić information content (AvgIpc) is 3.19. The number of nitrogens with zero attached hydrogens (tertiary/aromatic N) is 1.